The van der Waals surface area contributed by atoms with Crippen molar-refractivity contribution in [3.8, 4) is 0 Å². The van der Waals surface area contributed by atoms with Crippen LogP contribution in [0.3, 0.4) is 0 Å². The van der Waals surface area contributed by atoms with Crippen molar-refractivity contribution in [1.82, 2.24) is 9.71 Å². The lowest BCUT2D eigenvalue weighted by Crippen LogP contribution is -2.24. The van der Waals surface area contributed by atoms with Gasteiger partial charge in [-0.05, 0) is 42.3 Å². The molecule has 1 aromatic heterocycles. The van der Waals surface area contributed by atoms with Crippen LogP contribution in [0.2, 0.25) is 0 Å². The molecule has 33 heavy (non-hydrogen) atoms. The number of anilines is 2. The van der Waals surface area contributed by atoms with Gasteiger partial charge >= 0.3 is 0 Å². The van der Waals surface area contributed by atoms with Gasteiger partial charge in [0.15, 0.2) is 5.13 Å². The number of aromatic nitrogens is 1. The lowest BCUT2D eigenvalue weighted by molar-refractivity contribution is 0.104. The van der Waals surface area contributed by atoms with Crippen LogP contribution in [0, 0.1) is 12.7 Å². The number of carbonyl (C=O) groups is 1. The van der Waals surface area contributed by atoms with Crippen LogP contribution < -0.4 is 10.0 Å². The van der Waals surface area contributed by atoms with E-state index in [4.69, 9.17) is 0 Å². The Bertz CT molecular complexity index is 1400. The normalized spacial score (nSPS) is 11.3. The van der Waals surface area contributed by atoms with Crippen LogP contribution in [-0.4, -0.2) is 19.2 Å². The quantitative estimate of drug-likeness (QED) is 0.344. The highest BCUT2D eigenvalue weighted by molar-refractivity contribution is 7.89. The zero-order valence-corrected chi connectivity index (χ0v) is 19.2. The number of benzene rings is 3. The van der Waals surface area contributed by atoms with E-state index < -0.39 is 15.8 Å². The van der Waals surface area contributed by atoms with Crippen molar-refractivity contribution < 1.29 is 17.6 Å². The number of aryl methyl sites for hydroxylation is 1. The molecule has 4 rings (SSSR count). The zero-order valence-electron chi connectivity index (χ0n) is 17.6. The molecule has 0 aliphatic heterocycles. The second-order valence-electron chi connectivity index (χ2n) is 7.25. The predicted octanol–water partition coefficient (Wildman–Crippen LogP) is 5.04. The Hall–Kier alpha value is -3.40. The Morgan fingerprint density at radius 1 is 1.00 bits per heavy atom. The molecular formula is C24H20FN3O3S2. The number of nitrogens with zero attached hydrogens (tertiary/aromatic N) is 1. The number of rotatable bonds is 8. The van der Waals surface area contributed by atoms with E-state index in [9.17, 15) is 17.6 Å². The van der Waals surface area contributed by atoms with Crippen LogP contribution in [0.5, 0.6) is 0 Å². The molecule has 168 valence electrons. The molecule has 4 aromatic rings. The van der Waals surface area contributed by atoms with Crippen LogP contribution in [0.4, 0.5) is 15.2 Å². The van der Waals surface area contributed by atoms with Gasteiger partial charge in [-0.25, -0.2) is 22.5 Å². The SMILES string of the molecule is Cc1ccccc1C(=O)c1cnc(Nc2ccc(CNS(=O)(=O)c3ccccc3F)cc2)s1. The molecule has 9 heteroatoms. The van der Waals surface area contributed by atoms with Crippen molar-refractivity contribution in [3.05, 3.63) is 106 Å². The van der Waals surface area contributed by atoms with Gasteiger partial charge in [-0.2, -0.15) is 0 Å². The number of hydrogen-bond acceptors (Lipinski definition) is 6. The molecular weight excluding hydrogens is 461 g/mol. The van der Waals surface area contributed by atoms with E-state index in [2.05, 4.69) is 15.0 Å². The molecule has 0 saturated carbocycles. The first kappa shape index (κ1) is 22.8. The Morgan fingerprint density at radius 2 is 1.70 bits per heavy atom. The molecule has 0 amide bonds. The van der Waals surface area contributed by atoms with Gasteiger partial charge in [0.1, 0.15) is 10.7 Å². The fraction of sp³-hybridized carbons (Fsp3) is 0.0833. The van der Waals surface area contributed by atoms with Gasteiger partial charge in [0.05, 0.1) is 11.1 Å². The first-order valence-corrected chi connectivity index (χ1v) is 12.3. The number of carbonyl (C=O) groups excluding carboxylic acids is 1. The molecule has 0 unspecified atom stereocenters. The van der Waals surface area contributed by atoms with Crippen LogP contribution >= 0.6 is 11.3 Å². The summed E-state index contributed by atoms with van der Waals surface area (Å²) >= 11 is 1.26. The average molecular weight is 482 g/mol. The Kier molecular flexibility index (Phi) is 6.64. The zero-order chi connectivity index (χ0) is 23.4. The molecule has 0 radical (unpaired) electrons. The summed E-state index contributed by atoms with van der Waals surface area (Å²) in [5.41, 5.74) is 3.00. The smallest absolute Gasteiger partial charge is 0.243 e. The lowest BCUT2D eigenvalue weighted by atomic mass is 10.0. The maximum absolute atomic E-state index is 13.8. The van der Waals surface area contributed by atoms with Gasteiger partial charge in [-0.1, -0.05) is 59.9 Å². The number of sulfonamides is 1. The third kappa shape index (κ3) is 5.33. The summed E-state index contributed by atoms with van der Waals surface area (Å²) in [6.45, 7) is 1.91. The van der Waals surface area contributed by atoms with E-state index in [-0.39, 0.29) is 17.2 Å². The third-order valence-corrected chi connectivity index (χ3v) is 7.26. The van der Waals surface area contributed by atoms with Crippen molar-refractivity contribution in [3.63, 3.8) is 0 Å². The molecule has 6 nitrogen and oxygen atoms in total. The van der Waals surface area contributed by atoms with E-state index in [1.807, 2.05) is 25.1 Å². The molecule has 0 spiro atoms. The third-order valence-electron chi connectivity index (χ3n) is 4.92. The van der Waals surface area contributed by atoms with Crippen LogP contribution in [0.15, 0.2) is 83.9 Å². The Morgan fingerprint density at radius 3 is 2.42 bits per heavy atom. The Labute approximate surface area is 195 Å². The van der Waals surface area contributed by atoms with Crippen LogP contribution in [-0.2, 0) is 16.6 Å². The molecule has 3 aromatic carbocycles. The van der Waals surface area contributed by atoms with Crippen molar-refractivity contribution in [2.45, 2.75) is 18.4 Å². The minimum Gasteiger partial charge on any atom is -0.332 e. The molecule has 0 aliphatic carbocycles. The number of nitrogens with one attached hydrogen (secondary N) is 2. The Balaban J connectivity index is 1.39. The molecule has 2 N–H and O–H groups in total. The highest BCUT2D eigenvalue weighted by Gasteiger charge is 2.18. The fourth-order valence-electron chi connectivity index (χ4n) is 3.15. The number of ketones is 1. The topological polar surface area (TPSA) is 88.2 Å². The molecule has 0 saturated heterocycles. The molecule has 0 bridgehead atoms. The molecule has 1 heterocycles. The van der Waals surface area contributed by atoms with Gasteiger partial charge in [0.2, 0.25) is 15.8 Å². The summed E-state index contributed by atoms with van der Waals surface area (Å²) in [6.07, 6.45) is 1.55. The molecule has 0 aliphatic rings. The summed E-state index contributed by atoms with van der Waals surface area (Å²) < 4.78 is 40.8. The van der Waals surface area contributed by atoms with Gasteiger partial charge in [-0.15, -0.1) is 0 Å². The van der Waals surface area contributed by atoms with Gasteiger partial charge in [0, 0.05) is 17.8 Å². The van der Waals surface area contributed by atoms with Gasteiger partial charge in [0.25, 0.3) is 0 Å². The van der Waals surface area contributed by atoms with E-state index in [1.54, 1.807) is 36.5 Å². The lowest BCUT2D eigenvalue weighted by Gasteiger charge is -2.08. The monoisotopic (exact) mass is 481 g/mol. The number of halogens is 1. The molecule has 0 atom stereocenters. The van der Waals surface area contributed by atoms with Crippen LogP contribution in [0.1, 0.15) is 26.4 Å². The van der Waals surface area contributed by atoms with Gasteiger partial charge < -0.3 is 5.32 Å². The maximum atomic E-state index is 13.8. The van der Waals surface area contributed by atoms with Crippen molar-refractivity contribution in [2.75, 3.05) is 5.32 Å². The number of hydrogen-bond donors (Lipinski definition) is 2. The van der Waals surface area contributed by atoms with Crippen molar-refractivity contribution in [1.29, 1.82) is 0 Å². The highest BCUT2D eigenvalue weighted by Crippen LogP contribution is 2.25. The van der Waals surface area contributed by atoms with E-state index in [1.165, 1.54) is 29.5 Å². The number of thiazole rings is 1. The largest absolute Gasteiger partial charge is 0.332 e. The molecule has 0 fully saturated rings. The van der Waals surface area contributed by atoms with E-state index >= 15 is 0 Å². The standard InChI is InChI=1S/C24H20FN3O3S2/c1-16-6-2-3-7-19(16)23(29)21-15-26-24(32-21)28-18-12-10-17(11-13-18)14-27-33(30,31)22-9-5-4-8-20(22)25/h2-13,15,27H,14H2,1H3,(H,26,28). The van der Waals surface area contributed by atoms with Gasteiger partial charge in [-0.3, -0.25) is 4.79 Å². The summed E-state index contributed by atoms with van der Waals surface area (Å²) in [7, 11) is -3.96. The fourth-order valence-corrected chi connectivity index (χ4v) is 5.03. The first-order valence-electron chi connectivity index (χ1n) is 10.00. The predicted molar refractivity (Wildman–Crippen MR) is 127 cm³/mol. The minimum absolute atomic E-state index is 0.0171. The second kappa shape index (κ2) is 9.62. The highest BCUT2D eigenvalue weighted by atomic mass is 32.2. The van der Waals surface area contributed by atoms with Crippen LogP contribution in [0.25, 0.3) is 0 Å². The van der Waals surface area contributed by atoms with Crippen molar-refractivity contribution in [2.24, 2.45) is 0 Å². The second-order valence-corrected chi connectivity index (χ2v) is 10.0. The summed E-state index contributed by atoms with van der Waals surface area (Å²) in [4.78, 5) is 17.1. The average Bonchev–Trinajstić information content (AvgIpc) is 3.27. The first-order chi connectivity index (χ1) is 15.8. The van der Waals surface area contributed by atoms with E-state index in [0.717, 1.165) is 17.3 Å². The summed E-state index contributed by atoms with van der Waals surface area (Å²) in [6, 6.07) is 19.7. The maximum Gasteiger partial charge on any atom is 0.243 e. The minimum atomic E-state index is -3.96. The summed E-state index contributed by atoms with van der Waals surface area (Å²) in [5.74, 6) is -0.871. The van der Waals surface area contributed by atoms with E-state index in [0.29, 0.717) is 21.1 Å². The van der Waals surface area contributed by atoms with Crippen molar-refractivity contribution >= 4 is 38.0 Å². The summed E-state index contributed by atoms with van der Waals surface area (Å²) in [5, 5.41) is 3.71.